The Morgan fingerprint density at radius 1 is 1.57 bits per heavy atom. The van der Waals surface area contributed by atoms with Gasteiger partial charge in [-0.15, -0.1) is 12.6 Å². The lowest BCUT2D eigenvalue weighted by Gasteiger charge is -2.01. The first-order valence-corrected chi connectivity index (χ1v) is 5.54. The number of benzene rings is 1. The van der Waals surface area contributed by atoms with Gasteiger partial charge < -0.3 is 0 Å². The van der Waals surface area contributed by atoms with E-state index in [0.29, 0.717) is 22.2 Å². The Morgan fingerprint density at radius 2 is 2.29 bits per heavy atom. The number of nitrogens with zero attached hydrogens (tertiary/aromatic N) is 1. The number of hydrogen-bond acceptors (Lipinski definition) is 3. The summed E-state index contributed by atoms with van der Waals surface area (Å²) in [4.78, 5) is 11.7. The van der Waals surface area contributed by atoms with E-state index in [9.17, 15) is 4.79 Å². The van der Waals surface area contributed by atoms with E-state index >= 15 is 0 Å². The highest BCUT2D eigenvalue weighted by atomic mass is 79.9. The van der Waals surface area contributed by atoms with Gasteiger partial charge in [-0.25, -0.2) is 0 Å². The molecule has 0 aliphatic heterocycles. The highest BCUT2D eigenvalue weighted by Crippen LogP contribution is 2.15. The first kappa shape index (κ1) is 11.3. The number of nitriles is 1. The second-order valence-electron chi connectivity index (χ2n) is 2.81. The predicted octanol–water partition coefficient (Wildman–Crippen LogP) is 2.35. The molecule has 4 heteroatoms. The van der Waals surface area contributed by atoms with E-state index in [0.717, 1.165) is 5.56 Å². The Kier molecular flexibility index (Phi) is 4.18. The van der Waals surface area contributed by atoms with Gasteiger partial charge in [0.1, 0.15) is 11.9 Å². The second kappa shape index (κ2) is 5.18. The van der Waals surface area contributed by atoms with Crippen molar-refractivity contribution in [3.8, 4) is 6.07 Å². The zero-order valence-electron chi connectivity index (χ0n) is 7.33. The van der Waals surface area contributed by atoms with Crippen LogP contribution in [0.4, 0.5) is 0 Å². The monoisotopic (exact) mass is 269 g/mol. The molecule has 1 aromatic rings. The van der Waals surface area contributed by atoms with E-state index in [-0.39, 0.29) is 5.78 Å². The Labute approximate surface area is 96.5 Å². The Balaban J connectivity index is 2.88. The molecule has 0 aromatic heterocycles. The molecule has 1 aromatic carbocycles. The average molecular weight is 270 g/mol. The van der Waals surface area contributed by atoms with Gasteiger partial charge in [-0.05, 0) is 17.7 Å². The molecular formula is C10H8BrNOS. The normalized spacial score (nSPS) is 9.50. The molecule has 0 bridgehead atoms. The van der Waals surface area contributed by atoms with Gasteiger partial charge in [0.15, 0.2) is 0 Å². The molecule has 0 atom stereocenters. The summed E-state index contributed by atoms with van der Waals surface area (Å²) >= 11 is 7.25. The number of rotatable bonds is 3. The topological polar surface area (TPSA) is 40.9 Å². The molecule has 0 radical (unpaired) electrons. The summed E-state index contributed by atoms with van der Waals surface area (Å²) in [5, 5.41) is 9.02. The molecular weight excluding hydrogens is 262 g/mol. The van der Waals surface area contributed by atoms with E-state index in [4.69, 9.17) is 5.26 Å². The van der Waals surface area contributed by atoms with Gasteiger partial charge in [-0.1, -0.05) is 22.0 Å². The minimum atomic E-state index is 0.113. The maximum absolute atomic E-state index is 11.1. The van der Waals surface area contributed by atoms with Crippen molar-refractivity contribution in [2.45, 2.75) is 11.3 Å². The summed E-state index contributed by atoms with van der Waals surface area (Å²) in [6.07, 6.45) is 0.379. The van der Waals surface area contributed by atoms with Crippen LogP contribution in [0, 0.1) is 11.3 Å². The predicted molar refractivity (Wildman–Crippen MR) is 60.9 cm³/mol. The summed E-state index contributed by atoms with van der Waals surface area (Å²) in [5.74, 6) is 0.113. The molecule has 1 rings (SSSR count). The van der Waals surface area contributed by atoms with Crippen LogP contribution in [-0.4, -0.2) is 11.1 Å². The first-order valence-electron chi connectivity index (χ1n) is 3.97. The van der Waals surface area contributed by atoms with Crippen LogP contribution in [0.5, 0.6) is 0 Å². The Bertz CT molecular complexity index is 398. The van der Waals surface area contributed by atoms with Gasteiger partial charge in [0.2, 0.25) is 0 Å². The zero-order chi connectivity index (χ0) is 10.6. The fourth-order valence-electron chi connectivity index (χ4n) is 1.06. The van der Waals surface area contributed by atoms with Crippen LogP contribution in [0.1, 0.15) is 11.1 Å². The molecule has 14 heavy (non-hydrogen) atoms. The number of hydrogen-bond donors (Lipinski definition) is 1. The summed E-state index contributed by atoms with van der Waals surface area (Å²) in [7, 11) is 0. The van der Waals surface area contributed by atoms with Crippen LogP contribution in [0.25, 0.3) is 0 Å². The Hall–Kier alpha value is -0.790. The van der Waals surface area contributed by atoms with Crippen molar-refractivity contribution in [3.63, 3.8) is 0 Å². The van der Waals surface area contributed by atoms with Gasteiger partial charge in [-0.3, -0.25) is 4.79 Å². The van der Waals surface area contributed by atoms with Crippen LogP contribution in [0.15, 0.2) is 23.1 Å². The zero-order valence-corrected chi connectivity index (χ0v) is 9.81. The number of carbonyl (C=O) groups is 1. The maximum Gasteiger partial charge on any atom is 0.147 e. The van der Waals surface area contributed by atoms with E-state index in [1.54, 1.807) is 18.2 Å². The molecule has 0 saturated heterocycles. The van der Waals surface area contributed by atoms with Crippen LogP contribution in [0.2, 0.25) is 0 Å². The maximum atomic E-state index is 11.1. The van der Waals surface area contributed by atoms with Crippen molar-refractivity contribution in [1.82, 2.24) is 0 Å². The van der Waals surface area contributed by atoms with Crippen molar-refractivity contribution in [2.24, 2.45) is 0 Å². The number of thiol groups is 1. The molecule has 0 aliphatic carbocycles. The lowest BCUT2D eigenvalue weighted by Crippen LogP contribution is -2.03. The number of halogens is 1. The lowest BCUT2D eigenvalue weighted by molar-refractivity contribution is -0.115. The molecule has 72 valence electrons. The van der Waals surface area contributed by atoms with Crippen LogP contribution < -0.4 is 0 Å². The minimum Gasteiger partial charge on any atom is -0.298 e. The quantitative estimate of drug-likeness (QED) is 0.676. The summed E-state index contributed by atoms with van der Waals surface area (Å²) in [6.45, 7) is 0. The molecule has 0 aliphatic rings. The van der Waals surface area contributed by atoms with Crippen molar-refractivity contribution in [3.05, 3.63) is 29.3 Å². The third-order valence-corrected chi connectivity index (χ3v) is 2.73. The summed E-state index contributed by atoms with van der Waals surface area (Å²) in [5.41, 5.74) is 1.42. The number of Topliss-reactive ketones (excluding diaryl/α,β-unsaturated/α-hetero) is 1. The SMILES string of the molecule is N#Cc1ccc(CC(=O)CBr)cc1S. The third-order valence-electron chi connectivity index (χ3n) is 1.73. The minimum absolute atomic E-state index is 0.113. The second-order valence-corrected chi connectivity index (χ2v) is 3.85. The summed E-state index contributed by atoms with van der Waals surface area (Å²) < 4.78 is 0. The van der Waals surface area contributed by atoms with Crippen molar-refractivity contribution in [1.29, 1.82) is 5.26 Å². The smallest absolute Gasteiger partial charge is 0.147 e. The molecule has 0 fully saturated rings. The van der Waals surface area contributed by atoms with Gasteiger partial charge in [0.25, 0.3) is 0 Å². The van der Waals surface area contributed by atoms with Gasteiger partial charge in [0, 0.05) is 11.3 Å². The van der Waals surface area contributed by atoms with E-state index in [2.05, 4.69) is 28.6 Å². The van der Waals surface area contributed by atoms with Crippen molar-refractivity contribution < 1.29 is 4.79 Å². The standard InChI is InChI=1S/C10H8BrNOS/c11-5-9(13)3-7-1-2-8(6-12)10(14)4-7/h1-2,4,14H,3,5H2. The van der Waals surface area contributed by atoms with Gasteiger partial charge in [-0.2, -0.15) is 5.26 Å². The van der Waals surface area contributed by atoms with Crippen molar-refractivity contribution in [2.75, 3.05) is 5.33 Å². The van der Waals surface area contributed by atoms with Crippen molar-refractivity contribution >= 4 is 34.3 Å². The molecule has 0 heterocycles. The van der Waals surface area contributed by atoms with Gasteiger partial charge in [0.05, 0.1) is 10.9 Å². The highest BCUT2D eigenvalue weighted by Gasteiger charge is 2.04. The van der Waals surface area contributed by atoms with E-state index < -0.39 is 0 Å². The lowest BCUT2D eigenvalue weighted by atomic mass is 10.1. The molecule has 0 spiro atoms. The fraction of sp³-hybridized carbons (Fsp3) is 0.200. The number of carbonyl (C=O) groups excluding carboxylic acids is 1. The largest absolute Gasteiger partial charge is 0.298 e. The Morgan fingerprint density at radius 3 is 2.79 bits per heavy atom. The third kappa shape index (κ3) is 2.86. The van der Waals surface area contributed by atoms with Gasteiger partial charge >= 0.3 is 0 Å². The highest BCUT2D eigenvalue weighted by molar-refractivity contribution is 9.09. The molecule has 2 nitrogen and oxygen atoms in total. The van der Waals surface area contributed by atoms with Crippen LogP contribution >= 0.6 is 28.6 Å². The average Bonchev–Trinajstić information content (AvgIpc) is 2.18. The fourth-order valence-corrected chi connectivity index (χ4v) is 1.55. The molecule has 0 unspecified atom stereocenters. The van der Waals surface area contributed by atoms with Crippen LogP contribution in [-0.2, 0) is 11.2 Å². The molecule has 0 N–H and O–H groups in total. The first-order chi connectivity index (χ1) is 6.67. The van der Waals surface area contributed by atoms with E-state index in [1.807, 2.05) is 6.07 Å². The summed E-state index contributed by atoms with van der Waals surface area (Å²) in [6, 6.07) is 7.23. The van der Waals surface area contributed by atoms with Crippen LogP contribution in [0.3, 0.4) is 0 Å². The number of alkyl halides is 1. The van der Waals surface area contributed by atoms with E-state index in [1.165, 1.54) is 0 Å². The number of ketones is 1. The molecule has 0 saturated carbocycles. The molecule has 0 amide bonds.